The molecule has 2 heterocycles. The van der Waals surface area contributed by atoms with E-state index in [1.807, 2.05) is 35.0 Å². The molecule has 0 aliphatic carbocycles. The van der Waals surface area contributed by atoms with Gasteiger partial charge in [-0.15, -0.1) is 0 Å². The van der Waals surface area contributed by atoms with E-state index in [2.05, 4.69) is 10.1 Å². The van der Waals surface area contributed by atoms with Gasteiger partial charge in [-0.2, -0.15) is 0 Å². The lowest BCUT2D eigenvalue weighted by Crippen LogP contribution is -2.00. The molecule has 3 rings (SSSR count). The molecule has 0 aliphatic heterocycles. The van der Waals surface area contributed by atoms with Crippen LogP contribution >= 0.6 is 0 Å². The largest absolute Gasteiger partial charge is 0.399 e. The third-order valence-electron chi connectivity index (χ3n) is 2.70. The van der Waals surface area contributed by atoms with Crippen molar-refractivity contribution < 1.29 is 4.52 Å². The fraction of sp³-hybridized carbons (Fsp3) is 0.0769. The number of anilines is 1. The lowest BCUT2D eigenvalue weighted by molar-refractivity contribution is 0.418. The van der Waals surface area contributed by atoms with Crippen LogP contribution in [-0.2, 0) is 6.54 Å². The third-order valence-corrected chi connectivity index (χ3v) is 2.70. The zero-order valence-corrected chi connectivity index (χ0v) is 9.65. The van der Waals surface area contributed by atoms with Gasteiger partial charge in [0.1, 0.15) is 12.1 Å². The summed E-state index contributed by atoms with van der Waals surface area (Å²) < 4.78 is 6.85. The van der Waals surface area contributed by atoms with Crippen LogP contribution in [0.25, 0.3) is 11.4 Å². The molecule has 2 N–H and O–H groups in total. The summed E-state index contributed by atoms with van der Waals surface area (Å²) in [7, 11) is 0. The van der Waals surface area contributed by atoms with E-state index in [0.717, 1.165) is 22.6 Å². The van der Waals surface area contributed by atoms with Crippen LogP contribution in [-0.4, -0.2) is 14.7 Å². The molecule has 90 valence electrons. The van der Waals surface area contributed by atoms with E-state index in [4.69, 9.17) is 10.3 Å². The molecule has 18 heavy (non-hydrogen) atoms. The second-order valence-corrected chi connectivity index (χ2v) is 4.04. The number of hydrogen-bond acceptors (Lipinski definition) is 4. The van der Waals surface area contributed by atoms with E-state index < -0.39 is 0 Å². The van der Waals surface area contributed by atoms with Crippen LogP contribution in [0.1, 0.15) is 5.56 Å². The second-order valence-electron chi connectivity index (χ2n) is 4.04. The van der Waals surface area contributed by atoms with Gasteiger partial charge in [0.2, 0.25) is 0 Å². The fourth-order valence-electron chi connectivity index (χ4n) is 1.88. The highest BCUT2D eigenvalue weighted by Crippen LogP contribution is 2.20. The van der Waals surface area contributed by atoms with Crippen LogP contribution in [0.4, 0.5) is 5.69 Å². The number of imidazole rings is 1. The Morgan fingerprint density at radius 3 is 3.06 bits per heavy atom. The van der Waals surface area contributed by atoms with Crippen LogP contribution < -0.4 is 5.73 Å². The van der Waals surface area contributed by atoms with E-state index in [-0.39, 0.29) is 0 Å². The molecule has 0 amide bonds. The average molecular weight is 240 g/mol. The summed E-state index contributed by atoms with van der Waals surface area (Å²) in [4.78, 5) is 4.36. The third kappa shape index (κ3) is 1.98. The molecule has 0 atom stereocenters. The van der Waals surface area contributed by atoms with Gasteiger partial charge >= 0.3 is 0 Å². The number of nitrogens with two attached hydrogens (primary N) is 1. The first-order valence-corrected chi connectivity index (χ1v) is 5.58. The Morgan fingerprint density at radius 2 is 2.28 bits per heavy atom. The van der Waals surface area contributed by atoms with Crippen LogP contribution in [0, 0.1) is 0 Å². The highest BCUT2D eigenvalue weighted by atomic mass is 16.5. The van der Waals surface area contributed by atoms with Crippen molar-refractivity contribution >= 4 is 5.69 Å². The molecule has 2 aromatic heterocycles. The Balaban J connectivity index is 1.96. The number of hydrogen-bond donors (Lipinski definition) is 1. The van der Waals surface area contributed by atoms with E-state index >= 15 is 0 Å². The predicted molar refractivity (Wildman–Crippen MR) is 67.7 cm³/mol. The Labute approximate surface area is 104 Å². The number of rotatable bonds is 3. The van der Waals surface area contributed by atoms with Gasteiger partial charge in [-0.3, -0.25) is 0 Å². The zero-order chi connectivity index (χ0) is 12.4. The van der Waals surface area contributed by atoms with Crippen molar-refractivity contribution in [2.75, 3.05) is 5.73 Å². The first-order valence-electron chi connectivity index (χ1n) is 5.58. The van der Waals surface area contributed by atoms with Gasteiger partial charge in [0.15, 0.2) is 0 Å². The second kappa shape index (κ2) is 4.37. The predicted octanol–water partition coefficient (Wildman–Crippen LogP) is 2.17. The quantitative estimate of drug-likeness (QED) is 0.712. The van der Waals surface area contributed by atoms with E-state index in [9.17, 15) is 0 Å². The molecular formula is C13H12N4O. The fourth-order valence-corrected chi connectivity index (χ4v) is 1.88. The summed E-state index contributed by atoms with van der Waals surface area (Å²) in [5.41, 5.74) is 8.51. The summed E-state index contributed by atoms with van der Waals surface area (Å²) in [5.74, 6) is 0.878. The molecule has 1 aromatic carbocycles. The van der Waals surface area contributed by atoms with Crippen molar-refractivity contribution in [1.82, 2.24) is 14.7 Å². The minimum atomic E-state index is 0.674. The van der Waals surface area contributed by atoms with Crippen molar-refractivity contribution in [3.63, 3.8) is 0 Å². The molecule has 5 nitrogen and oxygen atoms in total. The molecule has 0 unspecified atom stereocenters. The monoisotopic (exact) mass is 240 g/mol. The van der Waals surface area contributed by atoms with E-state index in [1.54, 1.807) is 18.7 Å². The van der Waals surface area contributed by atoms with Gasteiger partial charge < -0.3 is 14.8 Å². The standard InChI is InChI=1S/C13H12N4O/c14-12-3-1-2-11(6-12)13-15-4-5-17(13)8-10-7-16-18-9-10/h1-7,9H,8,14H2. The van der Waals surface area contributed by atoms with Crippen molar-refractivity contribution in [2.45, 2.75) is 6.54 Å². The van der Waals surface area contributed by atoms with Crippen molar-refractivity contribution in [2.24, 2.45) is 0 Å². The van der Waals surface area contributed by atoms with Gasteiger partial charge in [0, 0.05) is 29.2 Å². The van der Waals surface area contributed by atoms with E-state index in [0.29, 0.717) is 6.54 Å². The zero-order valence-electron chi connectivity index (χ0n) is 9.65. The molecule has 0 saturated heterocycles. The molecule has 0 fully saturated rings. The normalized spacial score (nSPS) is 10.7. The molecule has 5 heteroatoms. The van der Waals surface area contributed by atoms with Crippen LogP contribution in [0.5, 0.6) is 0 Å². The van der Waals surface area contributed by atoms with Gasteiger partial charge in [0.05, 0.1) is 12.7 Å². The molecule has 0 radical (unpaired) electrons. The molecule has 3 aromatic rings. The Kier molecular flexibility index (Phi) is 2.57. The number of aromatic nitrogens is 3. The van der Waals surface area contributed by atoms with Crippen molar-refractivity contribution in [3.05, 3.63) is 54.7 Å². The first kappa shape index (κ1) is 10.6. The smallest absolute Gasteiger partial charge is 0.140 e. The summed E-state index contributed by atoms with van der Waals surface area (Å²) in [6.07, 6.45) is 7.02. The van der Waals surface area contributed by atoms with Crippen LogP contribution in [0.15, 0.2) is 53.6 Å². The maximum Gasteiger partial charge on any atom is 0.140 e. The molecule has 0 bridgehead atoms. The summed E-state index contributed by atoms with van der Waals surface area (Å²) >= 11 is 0. The topological polar surface area (TPSA) is 69.9 Å². The minimum Gasteiger partial charge on any atom is -0.399 e. The number of benzene rings is 1. The maximum atomic E-state index is 5.79. The summed E-state index contributed by atoms with van der Waals surface area (Å²) in [5, 5.41) is 3.69. The highest BCUT2D eigenvalue weighted by molar-refractivity contribution is 5.61. The van der Waals surface area contributed by atoms with Gasteiger partial charge in [0.25, 0.3) is 0 Å². The Bertz CT molecular complexity index is 643. The Morgan fingerprint density at radius 1 is 1.33 bits per heavy atom. The SMILES string of the molecule is Nc1cccc(-c2nccn2Cc2cnoc2)c1. The van der Waals surface area contributed by atoms with Crippen LogP contribution in [0.3, 0.4) is 0 Å². The van der Waals surface area contributed by atoms with Gasteiger partial charge in [-0.1, -0.05) is 17.3 Å². The highest BCUT2D eigenvalue weighted by Gasteiger charge is 2.07. The number of nitrogens with zero attached hydrogens (tertiary/aromatic N) is 3. The minimum absolute atomic E-state index is 0.674. The molecule has 0 saturated carbocycles. The van der Waals surface area contributed by atoms with Gasteiger partial charge in [-0.25, -0.2) is 4.98 Å². The first-order chi connectivity index (χ1) is 8.83. The summed E-state index contributed by atoms with van der Waals surface area (Å²) in [6.45, 7) is 0.674. The van der Waals surface area contributed by atoms with E-state index in [1.165, 1.54) is 0 Å². The molecule has 0 aliphatic rings. The molecular weight excluding hydrogens is 228 g/mol. The number of nitrogen functional groups attached to an aromatic ring is 1. The van der Waals surface area contributed by atoms with Gasteiger partial charge in [-0.05, 0) is 12.1 Å². The summed E-state index contributed by atoms with van der Waals surface area (Å²) in [6, 6.07) is 7.68. The maximum absolute atomic E-state index is 5.79. The van der Waals surface area contributed by atoms with Crippen molar-refractivity contribution in [1.29, 1.82) is 0 Å². The lowest BCUT2D eigenvalue weighted by Gasteiger charge is -2.06. The van der Waals surface area contributed by atoms with Crippen molar-refractivity contribution in [3.8, 4) is 11.4 Å². The van der Waals surface area contributed by atoms with Crippen LogP contribution in [0.2, 0.25) is 0 Å². The lowest BCUT2D eigenvalue weighted by atomic mass is 10.2. The Hall–Kier alpha value is -2.56. The molecule has 0 spiro atoms. The average Bonchev–Trinajstić information content (AvgIpc) is 3.01.